The summed E-state index contributed by atoms with van der Waals surface area (Å²) in [5, 5.41) is 0. The van der Waals surface area contributed by atoms with Crippen molar-refractivity contribution < 1.29 is 8.23 Å². The molecule has 2 nitrogen and oxygen atoms in total. The Balaban J connectivity index is 0. The molecule has 0 atom stereocenters. The molecule has 0 aliphatic rings. The van der Waals surface area contributed by atoms with E-state index < -0.39 is 25.2 Å². The summed E-state index contributed by atoms with van der Waals surface area (Å²) in [6, 6.07) is 2.41. The summed E-state index contributed by atoms with van der Waals surface area (Å²) in [7, 11) is -4.88. The second-order valence-corrected chi connectivity index (χ2v) is 18.9. The molecule has 0 aliphatic carbocycles. The highest BCUT2D eigenvalue weighted by Gasteiger charge is 2.38. The quantitative estimate of drug-likeness (QED) is 0.601. The van der Waals surface area contributed by atoms with Gasteiger partial charge in [-0.3, -0.25) is 0 Å². The zero-order valence-corrected chi connectivity index (χ0v) is 15.4. The third-order valence-electron chi connectivity index (χ3n) is 2.75. The maximum Gasteiger partial charge on any atom is 0.311 e. The fraction of sp³-hybridized carbons (Fsp3) is 1.00. The molecule has 0 N–H and O–H groups in total. The molecule has 0 saturated heterocycles. The van der Waals surface area contributed by atoms with Crippen LogP contribution in [0.4, 0.5) is 0 Å². The summed E-state index contributed by atoms with van der Waals surface area (Å²) in [5.41, 5.74) is 0. The average Bonchev–Trinajstić information content (AvgIpc) is 1.99. The smallest absolute Gasteiger partial charge is 0.311 e. The Kier molecular flexibility index (Phi) is 8.46. The van der Waals surface area contributed by atoms with Crippen LogP contribution >= 0.6 is 0 Å². The molecule has 0 spiro atoms. The lowest BCUT2D eigenvalue weighted by Crippen LogP contribution is -2.52. The first kappa shape index (κ1) is 19.9. The van der Waals surface area contributed by atoms with Crippen molar-refractivity contribution in [2.45, 2.75) is 79.1 Å². The molecule has 0 aromatic heterocycles. The van der Waals surface area contributed by atoms with E-state index in [0.29, 0.717) is 0 Å². The monoisotopic (exact) mass is 294 g/mol. The Labute approximate surface area is 113 Å². The van der Waals surface area contributed by atoms with Gasteiger partial charge in [-0.1, -0.05) is 27.7 Å². The maximum absolute atomic E-state index is 6.39. The van der Waals surface area contributed by atoms with Gasteiger partial charge in [0.05, 0.1) is 0 Å². The molecule has 0 aliphatic heterocycles. The van der Waals surface area contributed by atoms with Crippen LogP contribution < -0.4 is 0 Å². The zero-order chi connectivity index (χ0) is 13.0. The lowest BCUT2D eigenvalue weighted by molar-refractivity contribution is 0.388. The molecule has 17 heavy (non-hydrogen) atoms. The van der Waals surface area contributed by atoms with Gasteiger partial charge in [0.25, 0.3) is 0 Å². The van der Waals surface area contributed by atoms with E-state index in [4.69, 9.17) is 8.23 Å². The molecule has 0 aromatic carbocycles. The molecule has 0 amide bonds. The summed E-state index contributed by atoms with van der Waals surface area (Å²) >= 11 is 0. The van der Waals surface area contributed by atoms with E-state index in [1.54, 1.807) is 0 Å². The van der Waals surface area contributed by atoms with Gasteiger partial charge in [-0.05, 0) is 51.4 Å². The van der Waals surface area contributed by atoms with Crippen LogP contribution in [0.5, 0.6) is 0 Å². The van der Waals surface area contributed by atoms with Crippen LogP contribution in [-0.4, -0.2) is 25.2 Å². The number of rotatable bonds is 7. The molecule has 0 radical (unpaired) electrons. The first-order valence-electron chi connectivity index (χ1n) is 6.44. The molecule has 0 heterocycles. The summed E-state index contributed by atoms with van der Waals surface area (Å²) in [6.07, 6.45) is 1.22. The molecule has 0 rings (SSSR count). The van der Waals surface area contributed by atoms with E-state index in [9.17, 15) is 0 Å². The predicted octanol–water partition coefficient (Wildman–Crippen LogP) is 5.20. The minimum Gasteiger partial charge on any atom is -0.437 e. The third-order valence-corrected chi connectivity index (χ3v) is 14.5. The van der Waals surface area contributed by atoms with E-state index in [1.807, 2.05) is 0 Å². The van der Waals surface area contributed by atoms with Crippen molar-refractivity contribution in [3.63, 3.8) is 0 Å². The molecule has 0 unspecified atom stereocenters. The fourth-order valence-electron chi connectivity index (χ4n) is 2.08. The normalized spacial score (nSPS) is 13.4. The average molecular weight is 295 g/mol. The van der Waals surface area contributed by atoms with Crippen molar-refractivity contribution >= 4 is 25.2 Å². The van der Waals surface area contributed by atoms with Crippen LogP contribution in [-0.2, 0) is 8.23 Å². The van der Waals surface area contributed by atoms with Crippen LogP contribution in [0.1, 0.15) is 27.7 Å². The lowest BCUT2D eigenvalue weighted by Gasteiger charge is -2.38. The van der Waals surface area contributed by atoms with Crippen LogP contribution in [0.2, 0.25) is 51.4 Å². The van der Waals surface area contributed by atoms with Crippen molar-refractivity contribution in [1.82, 2.24) is 0 Å². The Morgan fingerprint density at radius 2 is 1.18 bits per heavy atom. The van der Waals surface area contributed by atoms with Gasteiger partial charge < -0.3 is 8.23 Å². The van der Waals surface area contributed by atoms with Gasteiger partial charge in [0, 0.05) is 0 Å². The van der Waals surface area contributed by atoms with Crippen LogP contribution in [0.3, 0.4) is 0 Å². The summed E-state index contributed by atoms with van der Waals surface area (Å²) in [5.74, 6) is 0. The van der Waals surface area contributed by atoms with Crippen LogP contribution in [0, 0.1) is 0 Å². The van der Waals surface area contributed by atoms with Crippen molar-refractivity contribution in [1.29, 1.82) is 0 Å². The molecule has 0 bridgehead atoms. The van der Waals surface area contributed by atoms with Gasteiger partial charge in [-0.25, -0.2) is 0 Å². The molecule has 5 heteroatoms. The Bertz CT molecular complexity index is 216. The summed E-state index contributed by atoms with van der Waals surface area (Å²) in [4.78, 5) is 0. The minimum absolute atomic E-state index is 0. The van der Waals surface area contributed by atoms with Gasteiger partial charge in [-0.2, -0.15) is 0 Å². The van der Waals surface area contributed by atoms with Crippen molar-refractivity contribution in [2.75, 3.05) is 0 Å². The Morgan fingerprint density at radius 1 is 0.765 bits per heavy atom. The second-order valence-electron chi connectivity index (χ2n) is 6.23. The topological polar surface area (TPSA) is 18.5 Å². The largest absolute Gasteiger partial charge is 0.437 e. The minimum atomic E-state index is -1.91. The van der Waals surface area contributed by atoms with Gasteiger partial charge in [0.15, 0.2) is 16.6 Å². The molecule has 106 valence electrons. The highest BCUT2D eigenvalue weighted by Crippen LogP contribution is 2.24. The Hall–Kier alpha value is 0.571. The van der Waals surface area contributed by atoms with E-state index >= 15 is 0 Å². The number of hydrogen-bond acceptors (Lipinski definition) is 2. The van der Waals surface area contributed by atoms with E-state index in [-0.39, 0.29) is 7.43 Å². The summed E-state index contributed by atoms with van der Waals surface area (Å²) < 4.78 is 12.7. The molecule has 0 saturated carbocycles. The Morgan fingerprint density at radius 3 is 1.53 bits per heavy atom. The SMILES string of the molecule is C.CCC[Si](C)(C)O[Si](C)(C)O[Si](C)(C)CC. The number of hydrogen-bond donors (Lipinski definition) is 0. The fourth-order valence-corrected chi connectivity index (χ4v) is 15.5. The third kappa shape index (κ3) is 9.19. The molecule has 0 fully saturated rings. The second kappa shape index (κ2) is 7.23. The highest BCUT2D eigenvalue weighted by molar-refractivity contribution is 6.87. The molecule has 0 aromatic rings. The summed E-state index contributed by atoms with van der Waals surface area (Å²) in [6.45, 7) is 18.1. The lowest BCUT2D eigenvalue weighted by atomic mass is 10.6. The van der Waals surface area contributed by atoms with Gasteiger partial charge in [0.2, 0.25) is 0 Å². The van der Waals surface area contributed by atoms with E-state index in [2.05, 4.69) is 53.1 Å². The van der Waals surface area contributed by atoms with E-state index in [1.165, 1.54) is 18.5 Å². The first-order chi connectivity index (χ1) is 7.04. The maximum atomic E-state index is 6.39. The van der Waals surface area contributed by atoms with Crippen molar-refractivity contribution in [3.05, 3.63) is 0 Å². The molecular formula is C12H34O2Si3. The van der Waals surface area contributed by atoms with Crippen LogP contribution in [0.25, 0.3) is 0 Å². The van der Waals surface area contributed by atoms with Crippen molar-refractivity contribution in [3.8, 4) is 0 Å². The van der Waals surface area contributed by atoms with Crippen LogP contribution in [0.15, 0.2) is 0 Å². The van der Waals surface area contributed by atoms with E-state index in [0.717, 1.165) is 0 Å². The first-order valence-corrected chi connectivity index (χ1v) is 15.5. The zero-order valence-electron chi connectivity index (χ0n) is 12.4. The van der Waals surface area contributed by atoms with Gasteiger partial charge in [-0.15, -0.1) is 0 Å². The van der Waals surface area contributed by atoms with Gasteiger partial charge >= 0.3 is 8.56 Å². The van der Waals surface area contributed by atoms with Crippen molar-refractivity contribution in [2.24, 2.45) is 0 Å². The molecular weight excluding hydrogens is 260 g/mol. The van der Waals surface area contributed by atoms with Gasteiger partial charge in [0.1, 0.15) is 0 Å². The standard InChI is InChI=1S/C11H30O2Si3.CH4/c1-9-11-15(5,6)13-16(7,8)12-14(3,4)10-2;/h9-11H2,1-8H3;1H4. The predicted molar refractivity (Wildman–Crippen MR) is 86.9 cm³/mol. The highest BCUT2D eigenvalue weighted by atomic mass is 28.5.